The third-order valence-electron chi connectivity index (χ3n) is 10.8. The Hall–Kier alpha value is -5.71. The Labute approximate surface area is 316 Å². The van der Waals surface area contributed by atoms with Gasteiger partial charge in [-0.1, -0.05) is 141 Å². The molecule has 0 radical (unpaired) electrons. The smallest absolute Gasteiger partial charge is 0.165 e. The highest BCUT2D eigenvalue weighted by Gasteiger charge is 2.26. The Morgan fingerprint density at radius 2 is 1.43 bits per heavy atom. The lowest BCUT2D eigenvalue weighted by Crippen LogP contribution is -2.07. The van der Waals surface area contributed by atoms with Crippen LogP contribution in [-0.4, -0.2) is 15.0 Å². The minimum absolute atomic E-state index is 0.196. The molecule has 0 N–H and O–H groups in total. The van der Waals surface area contributed by atoms with Gasteiger partial charge in [0.25, 0.3) is 0 Å². The van der Waals surface area contributed by atoms with Crippen LogP contribution in [0.25, 0.3) is 72.3 Å². The molecule has 0 bridgehead atoms. The SMILES string of the molecule is C=CCCCCC(C)c1nc(-c2cccc3c2-c2cc(-c4ccc(-c5ccccc5)cc4)ccc2C3)nc(-c2cccc3c4c(sc23)CC=CC=C4)n1. The first-order valence-electron chi connectivity index (χ1n) is 18.8. The molecule has 0 aliphatic heterocycles. The third kappa shape index (κ3) is 6.38. The van der Waals surface area contributed by atoms with Crippen LogP contribution in [0, 0.1) is 0 Å². The summed E-state index contributed by atoms with van der Waals surface area (Å²) in [6.07, 6.45) is 16.9. The van der Waals surface area contributed by atoms with Gasteiger partial charge in [-0.25, -0.2) is 15.0 Å². The first kappa shape index (κ1) is 33.1. The van der Waals surface area contributed by atoms with Gasteiger partial charge in [-0.3, -0.25) is 0 Å². The number of fused-ring (bicyclic) bond motifs is 6. The normalized spacial score (nSPS) is 13.4. The molecule has 0 saturated heterocycles. The predicted octanol–water partition coefficient (Wildman–Crippen LogP) is 13.3. The van der Waals surface area contributed by atoms with E-state index in [2.05, 4.69) is 147 Å². The Balaban J connectivity index is 1.15. The van der Waals surface area contributed by atoms with Crippen LogP contribution in [0.1, 0.15) is 65.9 Å². The summed E-state index contributed by atoms with van der Waals surface area (Å²) in [5, 5.41) is 1.27. The van der Waals surface area contributed by atoms with Crippen LogP contribution in [-0.2, 0) is 12.8 Å². The summed E-state index contributed by atoms with van der Waals surface area (Å²) in [5.41, 5.74) is 13.5. The number of thiophene rings is 1. The number of nitrogens with zero attached hydrogens (tertiary/aromatic N) is 3. The quantitative estimate of drug-likeness (QED) is 0.105. The van der Waals surface area contributed by atoms with E-state index < -0.39 is 0 Å². The minimum atomic E-state index is 0.196. The van der Waals surface area contributed by atoms with Crippen molar-refractivity contribution < 1.29 is 0 Å². The minimum Gasteiger partial charge on any atom is -0.213 e. The van der Waals surface area contributed by atoms with Crippen LogP contribution < -0.4 is 0 Å². The maximum atomic E-state index is 5.35. The summed E-state index contributed by atoms with van der Waals surface area (Å²) in [6, 6.07) is 39.7. The van der Waals surface area contributed by atoms with E-state index in [-0.39, 0.29) is 5.92 Å². The average Bonchev–Trinajstić information content (AvgIpc) is 3.67. The fourth-order valence-electron chi connectivity index (χ4n) is 7.91. The van der Waals surface area contributed by atoms with Crippen molar-refractivity contribution >= 4 is 27.5 Å². The predicted molar refractivity (Wildman–Crippen MR) is 224 cm³/mol. The molecule has 2 aromatic heterocycles. The van der Waals surface area contributed by atoms with Crippen molar-refractivity contribution in [3.05, 3.63) is 167 Å². The third-order valence-corrected chi connectivity index (χ3v) is 12.0. The molecule has 9 rings (SSSR count). The lowest BCUT2D eigenvalue weighted by Gasteiger charge is -2.15. The summed E-state index contributed by atoms with van der Waals surface area (Å²) in [4.78, 5) is 17.3. The zero-order chi connectivity index (χ0) is 35.7. The van der Waals surface area contributed by atoms with E-state index in [4.69, 9.17) is 15.0 Å². The second-order valence-corrected chi connectivity index (χ2v) is 15.4. The number of rotatable bonds is 10. The summed E-state index contributed by atoms with van der Waals surface area (Å²) < 4.78 is 1.24. The molecule has 2 heterocycles. The van der Waals surface area contributed by atoms with E-state index >= 15 is 0 Å². The van der Waals surface area contributed by atoms with Gasteiger partial charge in [-0.15, -0.1) is 17.9 Å². The molecule has 0 saturated carbocycles. The first-order chi connectivity index (χ1) is 26.1. The summed E-state index contributed by atoms with van der Waals surface area (Å²) in [5.74, 6) is 2.57. The lowest BCUT2D eigenvalue weighted by atomic mass is 9.94. The highest BCUT2D eigenvalue weighted by molar-refractivity contribution is 7.20. The zero-order valence-corrected chi connectivity index (χ0v) is 30.9. The van der Waals surface area contributed by atoms with Gasteiger partial charge in [0, 0.05) is 38.4 Å². The standard InChI is InChI=1S/C49H41N3S/c1-3-4-5-8-15-32(2)47-50-48(52-49(51-47)42-22-14-20-40-39-19-11-7-12-23-44(39)53-46(40)42)41-21-13-18-38-30-37-29-28-36(31-43(37)45(38)41)35-26-24-34(25-27-35)33-16-9-6-10-17-33/h3,6-7,9-14,16-22,24-29,31-32H,1,4-5,8,15,23,30H2,2H3. The number of unbranched alkanes of at least 4 members (excludes halogenated alkanes) is 2. The van der Waals surface area contributed by atoms with Crippen molar-refractivity contribution in [1.29, 1.82) is 0 Å². The van der Waals surface area contributed by atoms with E-state index in [0.29, 0.717) is 0 Å². The second kappa shape index (κ2) is 14.4. The number of aromatic nitrogens is 3. The summed E-state index contributed by atoms with van der Waals surface area (Å²) in [6.45, 7) is 6.19. The van der Waals surface area contributed by atoms with Crippen molar-refractivity contribution in [2.24, 2.45) is 0 Å². The molecule has 0 fully saturated rings. The van der Waals surface area contributed by atoms with Crippen molar-refractivity contribution in [3.63, 3.8) is 0 Å². The Kier molecular flexibility index (Phi) is 8.99. The number of allylic oxidation sites excluding steroid dienone is 4. The number of hydrogen-bond acceptors (Lipinski definition) is 4. The Morgan fingerprint density at radius 1 is 0.698 bits per heavy atom. The van der Waals surface area contributed by atoms with E-state index in [0.717, 1.165) is 67.1 Å². The highest BCUT2D eigenvalue weighted by atomic mass is 32.1. The molecule has 1 unspecified atom stereocenters. The van der Waals surface area contributed by atoms with E-state index in [1.54, 1.807) is 0 Å². The van der Waals surface area contributed by atoms with Gasteiger partial charge < -0.3 is 0 Å². The van der Waals surface area contributed by atoms with Gasteiger partial charge in [0.05, 0.1) is 0 Å². The number of benzene rings is 5. The molecule has 5 aromatic carbocycles. The molecule has 3 nitrogen and oxygen atoms in total. The van der Waals surface area contributed by atoms with E-state index in [1.807, 2.05) is 17.4 Å². The van der Waals surface area contributed by atoms with Crippen LogP contribution in [0.4, 0.5) is 0 Å². The molecular formula is C49H41N3S. The maximum Gasteiger partial charge on any atom is 0.165 e. The van der Waals surface area contributed by atoms with E-state index in [9.17, 15) is 0 Å². The van der Waals surface area contributed by atoms with Gasteiger partial charge >= 0.3 is 0 Å². The molecule has 258 valence electrons. The zero-order valence-electron chi connectivity index (χ0n) is 30.1. The van der Waals surface area contributed by atoms with Gasteiger partial charge in [-0.2, -0.15) is 0 Å². The van der Waals surface area contributed by atoms with Crippen LogP contribution in [0.5, 0.6) is 0 Å². The van der Waals surface area contributed by atoms with Crippen molar-refractivity contribution in [1.82, 2.24) is 15.0 Å². The van der Waals surface area contributed by atoms with Crippen molar-refractivity contribution in [2.45, 2.75) is 51.4 Å². The highest BCUT2D eigenvalue weighted by Crippen LogP contribution is 2.45. The van der Waals surface area contributed by atoms with Gasteiger partial charge in [0.1, 0.15) is 5.82 Å². The summed E-state index contributed by atoms with van der Waals surface area (Å²) >= 11 is 1.87. The molecule has 53 heavy (non-hydrogen) atoms. The van der Waals surface area contributed by atoms with Gasteiger partial charge in [0.2, 0.25) is 0 Å². The van der Waals surface area contributed by atoms with Crippen LogP contribution in [0.2, 0.25) is 0 Å². The lowest BCUT2D eigenvalue weighted by molar-refractivity contribution is 0.582. The van der Waals surface area contributed by atoms with Crippen LogP contribution in [0.3, 0.4) is 0 Å². The molecule has 7 aromatic rings. The van der Waals surface area contributed by atoms with Gasteiger partial charge in [-0.05, 0) is 87.9 Å². The Morgan fingerprint density at radius 3 is 2.26 bits per heavy atom. The van der Waals surface area contributed by atoms with E-state index in [1.165, 1.54) is 65.0 Å². The molecule has 4 heteroatoms. The fraction of sp³-hybridized carbons (Fsp3) is 0.163. The second-order valence-electron chi connectivity index (χ2n) is 14.3. The molecule has 2 aliphatic carbocycles. The molecule has 2 aliphatic rings. The molecule has 1 atom stereocenters. The van der Waals surface area contributed by atoms with Gasteiger partial charge in [0.15, 0.2) is 11.6 Å². The molecule has 0 spiro atoms. The average molecular weight is 704 g/mol. The first-order valence-corrected chi connectivity index (χ1v) is 19.6. The molecule has 0 amide bonds. The van der Waals surface area contributed by atoms with Crippen LogP contribution >= 0.6 is 11.3 Å². The van der Waals surface area contributed by atoms with Crippen molar-refractivity contribution in [3.8, 4) is 56.2 Å². The monoisotopic (exact) mass is 703 g/mol. The molecular weight excluding hydrogens is 663 g/mol. The van der Waals surface area contributed by atoms with Crippen LogP contribution in [0.15, 0.2) is 140 Å². The largest absolute Gasteiger partial charge is 0.213 e. The summed E-state index contributed by atoms with van der Waals surface area (Å²) in [7, 11) is 0. The van der Waals surface area contributed by atoms with Crippen molar-refractivity contribution in [2.75, 3.05) is 0 Å². The topological polar surface area (TPSA) is 38.7 Å². The Bertz CT molecular complexity index is 2540. The fourth-order valence-corrected chi connectivity index (χ4v) is 9.18. The number of hydrogen-bond donors (Lipinski definition) is 0. The maximum absolute atomic E-state index is 5.35.